The number of hydrogen-bond donors (Lipinski definition) is 1. The molecule has 0 radical (unpaired) electrons. The number of hydrogen-bond acceptors (Lipinski definition) is 6. The highest BCUT2D eigenvalue weighted by molar-refractivity contribution is 7.97. The van der Waals surface area contributed by atoms with Crippen LogP contribution in [0.3, 0.4) is 0 Å². The summed E-state index contributed by atoms with van der Waals surface area (Å²) in [5, 5.41) is 4.47. The van der Waals surface area contributed by atoms with Gasteiger partial charge >= 0.3 is 0 Å². The van der Waals surface area contributed by atoms with E-state index in [9.17, 15) is 4.79 Å². The molecule has 150 valence electrons. The molecular weight excluding hydrogens is 370 g/mol. The molecule has 6 nitrogen and oxygen atoms in total. The maximum absolute atomic E-state index is 13.2. The standard InChI is InChI=1S/C21H29N5OS/c27-19-21(9-10-21)17-13-22-20(24-18(17)26(19)15-3-1-2-4-15)23-14-7-11-25(12-8-14)28-16-5-6-16/h13-16H,1-12H2,(H,22,23,24). The lowest BCUT2D eigenvalue weighted by Crippen LogP contribution is -2.39. The molecule has 4 fully saturated rings. The van der Waals surface area contributed by atoms with Crippen molar-refractivity contribution in [3.8, 4) is 0 Å². The van der Waals surface area contributed by atoms with Crippen LogP contribution in [0, 0.1) is 0 Å². The van der Waals surface area contributed by atoms with Gasteiger partial charge in [-0.15, -0.1) is 0 Å². The summed E-state index contributed by atoms with van der Waals surface area (Å²) < 4.78 is 2.54. The highest BCUT2D eigenvalue weighted by atomic mass is 32.2. The number of aromatic nitrogens is 2. The van der Waals surface area contributed by atoms with E-state index in [1.807, 2.05) is 6.20 Å². The van der Waals surface area contributed by atoms with Crippen molar-refractivity contribution < 1.29 is 4.79 Å². The average Bonchev–Trinajstić information content (AvgIpc) is 3.61. The molecule has 1 saturated heterocycles. The van der Waals surface area contributed by atoms with Gasteiger partial charge in [0.2, 0.25) is 11.9 Å². The van der Waals surface area contributed by atoms with E-state index in [1.165, 1.54) is 25.7 Å². The van der Waals surface area contributed by atoms with E-state index >= 15 is 0 Å². The molecule has 5 aliphatic rings. The molecule has 3 saturated carbocycles. The van der Waals surface area contributed by atoms with Crippen molar-refractivity contribution >= 4 is 29.6 Å². The number of fused-ring (bicyclic) bond motifs is 2. The Labute approximate surface area is 171 Å². The molecule has 3 heterocycles. The van der Waals surface area contributed by atoms with Crippen LogP contribution in [-0.4, -0.2) is 50.6 Å². The maximum atomic E-state index is 13.2. The normalized spacial score (nSPS) is 27.6. The van der Waals surface area contributed by atoms with Gasteiger partial charge in [-0.2, -0.15) is 4.98 Å². The Morgan fingerprint density at radius 1 is 1.07 bits per heavy atom. The highest BCUT2D eigenvalue weighted by Gasteiger charge is 2.61. The Bertz CT molecular complexity index is 779. The van der Waals surface area contributed by atoms with Gasteiger partial charge in [-0.1, -0.05) is 24.8 Å². The van der Waals surface area contributed by atoms with Crippen molar-refractivity contribution in [3.05, 3.63) is 11.8 Å². The van der Waals surface area contributed by atoms with E-state index in [4.69, 9.17) is 4.98 Å². The Kier molecular flexibility index (Phi) is 4.12. The predicted molar refractivity (Wildman–Crippen MR) is 112 cm³/mol. The zero-order chi connectivity index (χ0) is 18.7. The molecule has 3 aliphatic carbocycles. The molecular formula is C21H29N5OS. The van der Waals surface area contributed by atoms with Crippen LogP contribution in [0.25, 0.3) is 0 Å². The number of carbonyl (C=O) groups excluding carboxylic acids is 1. The molecule has 1 aromatic rings. The van der Waals surface area contributed by atoms with Crippen molar-refractivity contribution in [1.29, 1.82) is 0 Å². The second-order valence-electron chi connectivity index (χ2n) is 9.28. The molecule has 1 aromatic heterocycles. The number of amides is 1. The lowest BCUT2D eigenvalue weighted by atomic mass is 10.0. The van der Waals surface area contributed by atoms with Gasteiger partial charge in [-0.25, -0.2) is 4.98 Å². The summed E-state index contributed by atoms with van der Waals surface area (Å²) in [6, 6.07) is 0.776. The minimum atomic E-state index is -0.276. The van der Waals surface area contributed by atoms with Crippen molar-refractivity contribution in [3.63, 3.8) is 0 Å². The smallest absolute Gasteiger partial charge is 0.239 e. The van der Waals surface area contributed by atoms with Gasteiger partial charge < -0.3 is 5.32 Å². The molecule has 6 rings (SSSR count). The molecule has 2 aliphatic heterocycles. The van der Waals surface area contributed by atoms with Crippen molar-refractivity contribution in [2.24, 2.45) is 0 Å². The zero-order valence-corrected chi connectivity index (χ0v) is 17.2. The van der Waals surface area contributed by atoms with Crippen LogP contribution in [-0.2, 0) is 10.2 Å². The Balaban J connectivity index is 1.18. The topological polar surface area (TPSA) is 61.4 Å². The number of nitrogens with zero attached hydrogens (tertiary/aromatic N) is 4. The monoisotopic (exact) mass is 399 g/mol. The molecule has 0 aromatic carbocycles. The van der Waals surface area contributed by atoms with E-state index in [2.05, 4.69) is 31.5 Å². The third kappa shape index (κ3) is 2.93. The third-order valence-electron chi connectivity index (χ3n) is 7.19. The molecule has 7 heteroatoms. The van der Waals surface area contributed by atoms with Crippen LogP contribution in [0.15, 0.2) is 6.20 Å². The minimum absolute atomic E-state index is 0.276. The van der Waals surface area contributed by atoms with E-state index in [0.717, 1.165) is 68.2 Å². The Morgan fingerprint density at radius 3 is 2.50 bits per heavy atom. The summed E-state index contributed by atoms with van der Waals surface area (Å²) >= 11 is 2.06. The number of piperidine rings is 1. The molecule has 1 spiro atoms. The van der Waals surface area contributed by atoms with Crippen LogP contribution in [0.1, 0.15) is 69.8 Å². The zero-order valence-electron chi connectivity index (χ0n) is 16.4. The van der Waals surface area contributed by atoms with Crippen LogP contribution >= 0.6 is 11.9 Å². The summed E-state index contributed by atoms with van der Waals surface area (Å²) in [6.45, 7) is 2.28. The molecule has 0 bridgehead atoms. The first kappa shape index (κ1) is 17.5. The summed E-state index contributed by atoms with van der Waals surface area (Å²) in [5.41, 5.74) is 0.813. The first-order valence-electron chi connectivity index (χ1n) is 11.1. The van der Waals surface area contributed by atoms with Crippen molar-refractivity contribution in [2.45, 2.75) is 87.0 Å². The van der Waals surface area contributed by atoms with E-state index in [0.29, 0.717) is 23.9 Å². The van der Waals surface area contributed by atoms with Crippen molar-refractivity contribution in [1.82, 2.24) is 14.3 Å². The van der Waals surface area contributed by atoms with Gasteiger partial charge in [0.05, 0.1) is 5.41 Å². The third-order valence-corrected chi connectivity index (χ3v) is 8.62. The lowest BCUT2D eigenvalue weighted by molar-refractivity contribution is -0.120. The van der Waals surface area contributed by atoms with Crippen LogP contribution in [0.5, 0.6) is 0 Å². The molecule has 1 amide bonds. The highest BCUT2D eigenvalue weighted by Crippen LogP contribution is 2.57. The number of nitrogens with one attached hydrogen (secondary N) is 1. The Hall–Kier alpha value is -1.34. The molecule has 0 unspecified atom stereocenters. The summed E-state index contributed by atoms with van der Waals surface area (Å²) in [7, 11) is 0. The van der Waals surface area contributed by atoms with E-state index in [1.54, 1.807) is 0 Å². The van der Waals surface area contributed by atoms with Crippen molar-refractivity contribution in [2.75, 3.05) is 23.3 Å². The second-order valence-corrected chi connectivity index (χ2v) is 10.7. The summed E-state index contributed by atoms with van der Waals surface area (Å²) in [5.74, 6) is 1.92. The lowest BCUT2D eigenvalue weighted by Gasteiger charge is -2.31. The van der Waals surface area contributed by atoms with Gasteiger partial charge in [0.15, 0.2) is 0 Å². The predicted octanol–water partition coefficient (Wildman–Crippen LogP) is 3.48. The van der Waals surface area contributed by atoms with Crippen LogP contribution < -0.4 is 10.2 Å². The van der Waals surface area contributed by atoms with Gasteiger partial charge in [0.25, 0.3) is 0 Å². The van der Waals surface area contributed by atoms with E-state index in [-0.39, 0.29) is 5.41 Å². The largest absolute Gasteiger partial charge is 0.351 e. The first-order valence-corrected chi connectivity index (χ1v) is 12.0. The van der Waals surface area contributed by atoms with Gasteiger partial charge in [0, 0.05) is 42.2 Å². The fourth-order valence-electron chi connectivity index (χ4n) is 5.19. The number of carbonyl (C=O) groups is 1. The van der Waals surface area contributed by atoms with Gasteiger partial charge in [0.1, 0.15) is 5.82 Å². The average molecular weight is 400 g/mol. The number of rotatable bonds is 5. The molecule has 28 heavy (non-hydrogen) atoms. The quantitative estimate of drug-likeness (QED) is 0.765. The van der Waals surface area contributed by atoms with Gasteiger partial charge in [-0.3, -0.25) is 14.0 Å². The van der Waals surface area contributed by atoms with Crippen LogP contribution in [0.4, 0.5) is 11.8 Å². The van der Waals surface area contributed by atoms with E-state index < -0.39 is 0 Å². The summed E-state index contributed by atoms with van der Waals surface area (Å²) in [4.78, 5) is 24.8. The minimum Gasteiger partial charge on any atom is -0.351 e. The van der Waals surface area contributed by atoms with Crippen LogP contribution in [0.2, 0.25) is 0 Å². The maximum Gasteiger partial charge on any atom is 0.239 e. The first-order chi connectivity index (χ1) is 13.7. The van der Waals surface area contributed by atoms with Gasteiger partial charge in [-0.05, 0) is 51.4 Å². The summed E-state index contributed by atoms with van der Waals surface area (Å²) in [6.07, 6.45) is 13.6. The fraction of sp³-hybridized carbons (Fsp3) is 0.762. The SMILES string of the molecule is O=C1N(C2CCCC2)c2nc(NC3CCN(SC4CC4)CC3)ncc2C12CC2. The molecule has 1 N–H and O–H groups in total. The molecule has 0 atom stereocenters. The Morgan fingerprint density at radius 2 is 1.82 bits per heavy atom. The second kappa shape index (κ2) is 6.59. The fourth-order valence-corrected chi connectivity index (χ4v) is 6.38. The number of anilines is 2.